The van der Waals surface area contributed by atoms with E-state index in [-0.39, 0.29) is 5.75 Å². The van der Waals surface area contributed by atoms with Gasteiger partial charge in [0.25, 0.3) is 0 Å². The maximum atomic E-state index is 13.1. The highest BCUT2D eigenvalue weighted by Gasteiger charge is 2.18. The van der Waals surface area contributed by atoms with Gasteiger partial charge in [-0.15, -0.1) is 0 Å². The van der Waals surface area contributed by atoms with Gasteiger partial charge in [0.1, 0.15) is 0 Å². The summed E-state index contributed by atoms with van der Waals surface area (Å²) in [5.41, 5.74) is 0.0294. The van der Waals surface area contributed by atoms with Crippen molar-refractivity contribution < 1.29 is 14.1 Å². The van der Waals surface area contributed by atoms with Gasteiger partial charge in [-0.2, -0.15) is 4.39 Å². The first-order valence-electron chi connectivity index (χ1n) is 3.54. The number of hydrogen-bond acceptors (Lipinski definition) is 3. The Hall–Kier alpha value is -1.65. The van der Waals surface area contributed by atoms with Gasteiger partial charge in [0, 0.05) is 6.07 Å². The first-order chi connectivity index (χ1) is 6.06. The van der Waals surface area contributed by atoms with Gasteiger partial charge in [-0.05, 0) is 18.6 Å². The highest BCUT2D eigenvalue weighted by atomic mass is 19.1. The van der Waals surface area contributed by atoms with E-state index in [4.69, 9.17) is 0 Å². The number of nitrogens with zero attached hydrogens (tertiary/aromatic N) is 1. The van der Waals surface area contributed by atoms with Gasteiger partial charge in [-0.1, -0.05) is 0 Å². The fourth-order valence-corrected chi connectivity index (χ4v) is 0.998. The molecule has 4 nitrogen and oxygen atoms in total. The number of rotatable bonds is 2. The predicted molar refractivity (Wildman–Crippen MR) is 44.3 cm³/mol. The summed E-state index contributed by atoms with van der Waals surface area (Å²) in [5.74, 6) is -1.04. The minimum absolute atomic E-state index is 0.105. The largest absolute Gasteiger partial charge is 0.493 e. The van der Waals surface area contributed by atoms with Gasteiger partial charge in [-0.25, -0.2) is 0 Å². The highest BCUT2D eigenvalue weighted by Crippen LogP contribution is 2.27. The van der Waals surface area contributed by atoms with Crippen LogP contribution in [0.5, 0.6) is 5.75 Å². The second-order valence-electron chi connectivity index (χ2n) is 2.56. The van der Waals surface area contributed by atoms with Crippen molar-refractivity contribution in [3.63, 3.8) is 0 Å². The predicted octanol–water partition coefficient (Wildman–Crippen LogP) is 2.05. The molecule has 0 heterocycles. The number of hydrogen-bond donors (Lipinski definition) is 0. The summed E-state index contributed by atoms with van der Waals surface area (Å²) in [6.07, 6.45) is 0. The summed E-state index contributed by atoms with van der Waals surface area (Å²) in [7, 11) is 1.27. The van der Waals surface area contributed by atoms with Gasteiger partial charge in [0.15, 0.2) is 5.75 Å². The number of nitro benzene ring substituents is 1. The normalized spacial score (nSPS) is 9.77. The zero-order valence-electron chi connectivity index (χ0n) is 7.20. The van der Waals surface area contributed by atoms with E-state index in [9.17, 15) is 14.5 Å². The number of halogens is 1. The fourth-order valence-electron chi connectivity index (χ4n) is 0.998. The summed E-state index contributed by atoms with van der Waals surface area (Å²) in [6.45, 7) is 1.63. The second-order valence-corrected chi connectivity index (χ2v) is 2.56. The summed E-state index contributed by atoms with van der Waals surface area (Å²) < 4.78 is 17.8. The summed E-state index contributed by atoms with van der Waals surface area (Å²) in [4.78, 5) is 9.58. The van der Waals surface area contributed by atoms with Crippen LogP contribution in [0.25, 0.3) is 0 Å². The van der Waals surface area contributed by atoms with E-state index >= 15 is 0 Å². The smallest absolute Gasteiger partial charge is 0.308 e. The minimum Gasteiger partial charge on any atom is -0.493 e. The van der Waals surface area contributed by atoms with Crippen LogP contribution in [0.4, 0.5) is 10.1 Å². The van der Waals surface area contributed by atoms with Crippen LogP contribution >= 0.6 is 0 Å². The number of aryl methyl sites for hydroxylation is 1. The number of nitro groups is 1. The molecule has 0 aliphatic heterocycles. The molecule has 0 unspecified atom stereocenters. The molecule has 1 aromatic rings. The van der Waals surface area contributed by atoms with Crippen molar-refractivity contribution in [3.8, 4) is 5.75 Å². The molecule has 0 atom stereocenters. The van der Waals surface area contributed by atoms with Crippen molar-refractivity contribution in [2.75, 3.05) is 7.11 Å². The second kappa shape index (κ2) is 3.38. The maximum absolute atomic E-state index is 13.1. The molecule has 0 saturated heterocycles. The Morgan fingerprint density at radius 3 is 2.62 bits per heavy atom. The Balaban J connectivity index is 3.35. The standard InChI is InChI=1S/C8H8FNO3/c1-5-3-6(10(11)12)8(9)7(4-5)13-2/h3-4H,1-2H3. The monoisotopic (exact) mass is 185 g/mol. The van der Waals surface area contributed by atoms with Crippen LogP contribution in [0.2, 0.25) is 0 Å². The lowest BCUT2D eigenvalue weighted by atomic mass is 10.2. The zero-order chi connectivity index (χ0) is 10.0. The van der Waals surface area contributed by atoms with E-state index in [1.807, 2.05) is 0 Å². The van der Waals surface area contributed by atoms with Gasteiger partial charge in [0.2, 0.25) is 5.82 Å². The van der Waals surface area contributed by atoms with Crippen molar-refractivity contribution in [1.29, 1.82) is 0 Å². The van der Waals surface area contributed by atoms with E-state index in [2.05, 4.69) is 4.74 Å². The molecule has 1 aromatic carbocycles. The van der Waals surface area contributed by atoms with Crippen molar-refractivity contribution in [2.24, 2.45) is 0 Å². The topological polar surface area (TPSA) is 52.4 Å². The molecule has 0 spiro atoms. The molecule has 0 bridgehead atoms. The molecule has 0 fully saturated rings. The molecule has 0 N–H and O–H groups in total. The SMILES string of the molecule is COc1cc(C)cc([N+](=O)[O-])c1F. The molecule has 0 aromatic heterocycles. The van der Waals surface area contributed by atoms with Crippen LogP contribution < -0.4 is 4.74 Å². The first kappa shape index (κ1) is 9.44. The minimum atomic E-state index is -0.932. The fraction of sp³-hybridized carbons (Fsp3) is 0.250. The number of benzene rings is 1. The van der Waals surface area contributed by atoms with Crippen molar-refractivity contribution in [3.05, 3.63) is 33.6 Å². The Kier molecular flexibility index (Phi) is 2.46. The lowest BCUT2D eigenvalue weighted by Gasteiger charge is -2.02. The molecule has 0 aliphatic rings. The molecule has 5 heteroatoms. The van der Waals surface area contributed by atoms with E-state index in [1.165, 1.54) is 13.2 Å². The van der Waals surface area contributed by atoms with Crippen LogP contribution in [0.3, 0.4) is 0 Å². The van der Waals surface area contributed by atoms with E-state index in [0.717, 1.165) is 6.07 Å². The molecule has 0 saturated carbocycles. The van der Waals surface area contributed by atoms with Crippen molar-refractivity contribution in [1.82, 2.24) is 0 Å². The quantitative estimate of drug-likeness (QED) is 0.523. The van der Waals surface area contributed by atoms with Gasteiger partial charge < -0.3 is 4.74 Å². The lowest BCUT2D eigenvalue weighted by Crippen LogP contribution is -1.96. The maximum Gasteiger partial charge on any atom is 0.308 e. The molecule has 1 rings (SSSR count). The van der Waals surface area contributed by atoms with Crippen LogP contribution in [0.15, 0.2) is 12.1 Å². The molecule has 0 amide bonds. The lowest BCUT2D eigenvalue weighted by molar-refractivity contribution is -0.387. The molecular formula is C8H8FNO3. The van der Waals surface area contributed by atoms with Crippen molar-refractivity contribution in [2.45, 2.75) is 6.92 Å². The Bertz CT molecular complexity index is 351. The van der Waals surface area contributed by atoms with Gasteiger partial charge in [0.05, 0.1) is 12.0 Å². The summed E-state index contributed by atoms with van der Waals surface area (Å²) in [5, 5.41) is 10.4. The summed E-state index contributed by atoms with van der Waals surface area (Å²) >= 11 is 0. The van der Waals surface area contributed by atoms with E-state index in [0.29, 0.717) is 5.56 Å². The zero-order valence-corrected chi connectivity index (χ0v) is 7.20. The van der Waals surface area contributed by atoms with Crippen LogP contribution in [-0.4, -0.2) is 12.0 Å². The third-order valence-corrected chi connectivity index (χ3v) is 1.58. The van der Waals surface area contributed by atoms with E-state index in [1.54, 1.807) is 6.92 Å². The first-order valence-corrected chi connectivity index (χ1v) is 3.54. The number of methoxy groups -OCH3 is 1. The Morgan fingerprint density at radius 2 is 2.15 bits per heavy atom. The third-order valence-electron chi connectivity index (χ3n) is 1.58. The molecule has 70 valence electrons. The molecule has 0 radical (unpaired) electrons. The van der Waals surface area contributed by atoms with Crippen molar-refractivity contribution >= 4 is 5.69 Å². The molecule has 0 aliphatic carbocycles. The van der Waals surface area contributed by atoms with Gasteiger partial charge in [-0.3, -0.25) is 10.1 Å². The molecular weight excluding hydrogens is 177 g/mol. The third kappa shape index (κ3) is 1.74. The summed E-state index contributed by atoms with van der Waals surface area (Å²) in [6, 6.07) is 2.57. The average Bonchev–Trinajstić information content (AvgIpc) is 2.08. The number of ether oxygens (including phenoxy) is 1. The van der Waals surface area contributed by atoms with Crippen LogP contribution in [0.1, 0.15) is 5.56 Å². The van der Waals surface area contributed by atoms with Gasteiger partial charge >= 0.3 is 5.69 Å². The Morgan fingerprint density at radius 1 is 1.54 bits per heavy atom. The average molecular weight is 185 g/mol. The Labute approximate surface area is 74.1 Å². The van der Waals surface area contributed by atoms with E-state index < -0.39 is 16.4 Å². The molecule has 13 heavy (non-hydrogen) atoms. The van der Waals surface area contributed by atoms with Crippen LogP contribution in [-0.2, 0) is 0 Å². The highest BCUT2D eigenvalue weighted by molar-refractivity contribution is 5.44. The van der Waals surface area contributed by atoms with Crippen LogP contribution in [0, 0.1) is 22.9 Å².